The lowest BCUT2D eigenvalue weighted by atomic mass is 9.99. The third kappa shape index (κ3) is 2.24. The third-order valence-electron chi connectivity index (χ3n) is 3.03. The fourth-order valence-corrected chi connectivity index (χ4v) is 2.03. The van der Waals surface area contributed by atoms with Crippen LogP contribution in [0, 0.1) is 11.3 Å². The highest BCUT2D eigenvalue weighted by Crippen LogP contribution is 2.30. The van der Waals surface area contributed by atoms with E-state index in [0.717, 1.165) is 23.2 Å². The Bertz CT molecular complexity index is 543. The maximum Gasteiger partial charge on any atom is 0.0998 e. The summed E-state index contributed by atoms with van der Waals surface area (Å²) in [6.45, 7) is 2.09. The van der Waals surface area contributed by atoms with Gasteiger partial charge in [0, 0.05) is 19.8 Å². The molecule has 0 heterocycles. The molecule has 0 saturated carbocycles. The number of allylic oxidation sites excluding steroid dienone is 4. The SMILES string of the molecule is CC1=CCC(c2ccc(N(C)C)cc2C#N)=C1. The Morgan fingerprint density at radius 3 is 2.59 bits per heavy atom. The van der Waals surface area contributed by atoms with E-state index in [1.54, 1.807) is 0 Å². The minimum absolute atomic E-state index is 0.755. The van der Waals surface area contributed by atoms with Crippen LogP contribution in [0.2, 0.25) is 0 Å². The Balaban J connectivity index is 2.43. The molecule has 0 aromatic heterocycles. The first-order valence-corrected chi connectivity index (χ1v) is 5.71. The Kier molecular flexibility index (Phi) is 3.01. The minimum Gasteiger partial charge on any atom is -0.378 e. The summed E-state index contributed by atoms with van der Waals surface area (Å²) >= 11 is 0. The summed E-state index contributed by atoms with van der Waals surface area (Å²) in [5, 5.41) is 9.24. The Hall–Kier alpha value is -2.01. The van der Waals surface area contributed by atoms with E-state index >= 15 is 0 Å². The van der Waals surface area contributed by atoms with Gasteiger partial charge in [-0.15, -0.1) is 0 Å². The first-order chi connectivity index (χ1) is 8.11. The molecule has 2 rings (SSSR count). The number of benzene rings is 1. The van der Waals surface area contributed by atoms with Crippen molar-refractivity contribution in [2.24, 2.45) is 0 Å². The monoisotopic (exact) mass is 224 g/mol. The zero-order valence-corrected chi connectivity index (χ0v) is 10.5. The van der Waals surface area contributed by atoms with Gasteiger partial charge >= 0.3 is 0 Å². The predicted octanol–water partition coefficient (Wildman–Crippen LogP) is 3.36. The molecule has 0 N–H and O–H groups in total. The van der Waals surface area contributed by atoms with Crippen LogP contribution in [0.5, 0.6) is 0 Å². The summed E-state index contributed by atoms with van der Waals surface area (Å²) < 4.78 is 0. The van der Waals surface area contributed by atoms with Crippen LogP contribution in [0.1, 0.15) is 24.5 Å². The second-order valence-corrected chi connectivity index (χ2v) is 4.56. The molecule has 1 aliphatic carbocycles. The molecule has 0 amide bonds. The number of hydrogen-bond donors (Lipinski definition) is 0. The van der Waals surface area contributed by atoms with Gasteiger partial charge in [0.25, 0.3) is 0 Å². The minimum atomic E-state index is 0.755. The van der Waals surface area contributed by atoms with Crippen LogP contribution in [0.15, 0.2) is 35.9 Å². The van der Waals surface area contributed by atoms with Crippen LogP contribution in [-0.2, 0) is 0 Å². The highest BCUT2D eigenvalue weighted by molar-refractivity contribution is 5.77. The maximum atomic E-state index is 9.24. The van der Waals surface area contributed by atoms with Crippen molar-refractivity contribution in [2.75, 3.05) is 19.0 Å². The second-order valence-electron chi connectivity index (χ2n) is 4.56. The number of rotatable bonds is 2. The summed E-state index contributed by atoms with van der Waals surface area (Å²) in [6, 6.07) is 8.35. The van der Waals surface area contributed by atoms with Crippen LogP contribution in [0.4, 0.5) is 5.69 Å². The van der Waals surface area contributed by atoms with Crippen molar-refractivity contribution >= 4 is 11.3 Å². The molecule has 0 unspecified atom stereocenters. The van der Waals surface area contributed by atoms with E-state index in [2.05, 4.69) is 31.2 Å². The Labute approximate surface area is 102 Å². The molecule has 0 bridgehead atoms. The van der Waals surface area contributed by atoms with Crippen LogP contribution in [0.25, 0.3) is 5.57 Å². The molecule has 0 atom stereocenters. The van der Waals surface area contributed by atoms with E-state index in [1.807, 2.05) is 31.1 Å². The van der Waals surface area contributed by atoms with Gasteiger partial charge in [0.2, 0.25) is 0 Å². The van der Waals surface area contributed by atoms with Gasteiger partial charge in [-0.25, -0.2) is 0 Å². The number of hydrogen-bond acceptors (Lipinski definition) is 2. The summed E-state index contributed by atoms with van der Waals surface area (Å²) in [4.78, 5) is 2.01. The fourth-order valence-electron chi connectivity index (χ4n) is 2.03. The molecule has 0 radical (unpaired) electrons. The van der Waals surface area contributed by atoms with Gasteiger partial charge in [0.15, 0.2) is 0 Å². The van der Waals surface area contributed by atoms with Gasteiger partial charge in [-0.1, -0.05) is 23.8 Å². The van der Waals surface area contributed by atoms with Crippen molar-refractivity contribution in [3.8, 4) is 6.07 Å². The van der Waals surface area contributed by atoms with Crippen molar-refractivity contribution in [1.82, 2.24) is 0 Å². The smallest absolute Gasteiger partial charge is 0.0998 e. The highest BCUT2D eigenvalue weighted by Gasteiger charge is 2.11. The van der Waals surface area contributed by atoms with Gasteiger partial charge < -0.3 is 4.90 Å². The third-order valence-corrected chi connectivity index (χ3v) is 3.03. The van der Waals surface area contributed by atoms with Gasteiger partial charge in [-0.3, -0.25) is 0 Å². The lowest BCUT2D eigenvalue weighted by Crippen LogP contribution is -2.09. The fraction of sp³-hybridized carbons (Fsp3) is 0.267. The topological polar surface area (TPSA) is 27.0 Å². The largest absolute Gasteiger partial charge is 0.378 e. The molecule has 0 saturated heterocycles. The summed E-state index contributed by atoms with van der Waals surface area (Å²) in [5.41, 5.74) is 5.40. The molecule has 0 fully saturated rings. The normalized spacial score (nSPS) is 14.0. The number of anilines is 1. The summed E-state index contributed by atoms with van der Waals surface area (Å²) in [5.74, 6) is 0. The lowest BCUT2D eigenvalue weighted by Gasteiger charge is -2.14. The average molecular weight is 224 g/mol. The quantitative estimate of drug-likeness (QED) is 0.770. The first kappa shape index (κ1) is 11.5. The van der Waals surface area contributed by atoms with Gasteiger partial charge in [0.05, 0.1) is 11.6 Å². The molecule has 2 nitrogen and oxygen atoms in total. The molecule has 0 spiro atoms. The second kappa shape index (κ2) is 4.47. The van der Waals surface area contributed by atoms with E-state index in [0.29, 0.717) is 0 Å². The van der Waals surface area contributed by atoms with Crippen LogP contribution >= 0.6 is 0 Å². The van der Waals surface area contributed by atoms with E-state index in [1.165, 1.54) is 11.1 Å². The van der Waals surface area contributed by atoms with Gasteiger partial charge in [0.1, 0.15) is 0 Å². The molecular formula is C15H16N2. The summed E-state index contributed by atoms with van der Waals surface area (Å²) in [6.07, 6.45) is 5.28. The van der Waals surface area contributed by atoms with Crippen molar-refractivity contribution < 1.29 is 0 Å². The molecule has 86 valence electrons. The molecule has 0 aliphatic heterocycles. The molecule has 1 aromatic rings. The molecule has 17 heavy (non-hydrogen) atoms. The zero-order chi connectivity index (χ0) is 12.4. The van der Waals surface area contributed by atoms with Crippen LogP contribution < -0.4 is 4.90 Å². The van der Waals surface area contributed by atoms with E-state index in [-0.39, 0.29) is 0 Å². The van der Waals surface area contributed by atoms with Crippen molar-refractivity contribution in [1.29, 1.82) is 5.26 Å². The molecular weight excluding hydrogens is 208 g/mol. The van der Waals surface area contributed by atoms with Crippen molar-refractivity contribution in [3.05, 3.63) is 47.1 Å². The van der Waals surface area contributed by atoms with E-state index in [9.17, 15) is 5.26 Å². The summed E-state index contributed by atoms with van der Waals surface area (Å²) in [7, 11) is 3.97. The molecule has 2 heteroatoms. The Morgan fingerprint density at radius 2 is 2.06 bits per heavy atom. The van der Waals surface area contributed by atoms with Crippen LogP contribution in [0.3, 0.4) is 0 Å². The van der Waals surface area contributed by atoms with Gasteiger partial charge in [-0.2, -0.15) is 5.26 Å². The zero-order valence-electron chi connectivity index (χ0n) is 10.5. The highest BCUT2D eigenvalue weighted by atomic mass is 15.1. The van der Waals surface area contributed by atoms with E-state index in [4.69, 9.17) is 0 Å². The number of nitriles is 1. The first-order valence-electron chi connectivity index (χ1n) is 5.71. The molecule has 1 aromatic carbocycles. The van der Waals surface area contributed by atoms with Crippen molar-refractivity contribution in [2.45, 2.75) is 13.3 Å². The average Bonchev–Trinajstić information content (AvgIpc) is 2.74. The van der Waals surface area contributed by atoms with Crippen molar-refractivity contribution in [3.63, 3.8) is 0 Å². The lowest BCUT2D eigenvalue weighted by molar-refractivity contribution is 1.13. The maximum absolute atomic E-state index is 9.24. The Morgan fingerprint density at radius 1 is 1.29 bits per heavy atom. The van der Waals surface area contributed by atoms with E-state index < -0.39 is 0 Å². The predicted molar refractivity (Wildman–Crippen MR) is 71.8 cm³/mol. The van der Waals surface area contributed by atoms with Gasteiger partial charge in [-0.05, 0) is 36.6 Å². The number of nitrogens with zero attached hydrogens (tertiary/aromatic N) is 2. The molecule has 1 aliphatic rings. The standard InChI is InChI=1S/C15H16N2/c1-11-4-5-12(8-11)15-7-6-14(17(2)3)9-13(15)10-16/h4,6-9H,5H2,1-3H3. The van der Waals surface area contributed by atoms with Crippen LogP contribution in [-0.4, -0.2) is 14.1 Å².